The molecular formula is C12H13N3O2. The van der Waals surface area contributed by atoms with E-state index in [-0.39, 0.29) is 0 Å². The summed E-state index contributed by atoms with van der Waals surface area (Å²) in [5.74, 6) is 1.83. The van der Waals surface area contributed by atoms with E-state index in [1.165, 1.54) is 0 Å². The lowest BCUT2D eigenvalue weighted by Crippen LogP contribution is -1.98. The Morgan fingerprint density at radius 2 is 1.76 bits per heavy atom. The maximum atomic E-state index is 5.08. The molecule has 0 amide bonds. The second-order valence-electron chi connectivity index (χ2n) is 3.28. The number of ether oxygens (including phenoxy) is 2. The standard InChI is InChI=1S/C12H13N3O2/c1-16-10-5-3-9(4-6-10)14-12-13-8-7-11(15-12)17-2/h3-8H,1-2H3,(H,13,14,15). The van der Waals surface area contributed by atoms with E-state index in [1.807, 2.05) is 24.3 Å². The molecule has 0 saturated carbocycles. The molecule has 1 heterocycles. The van der Waals surface area contributed by atoms with E-state index in [0.717, 1.165) is 11.4 Å². The number of aromatic nitrogens is 2. The maximum Gasteiger partial charge on any atom is 0.230 e. The van der Waals surface area contributed by atoms with Gasteiger partial charge in [-0.3, -0.25) is 0 Å². The van der Waals surface area contributed by atoms with Gasteiger partial charge in [0.2, 0.25) is 11.8 Å². The SMILES string of the molecule is COc1ccc(Nc2nccc(OC)n2)cc1. The second kappa shape index (κ2) is 5.16. The van der Waals surface area contributed by atoms with Crippen LogP contribution in [0, 0.1) is 0 Å². The van der Waals surface area contributed by atoms with Crippen molar-refractivity contribution in [2.75, 3.05) is 19.5 Å². The van der Waals surface area contributed by atoms with Gasteiger partial charge < -0.3 is 14.8 Å². The number of anilines is 2. The molecule has 0 fully saturated rings. The number of nitrogens with zero attached hydrogens (tertiary/aromatic N) is 2. The van der Waals surface area contributed by atoms with Crippen molar-refractivity contribution in [1.29, 1.82) is 0 Å². The summed E-state index contributed by atoms with van der Waals surface area (Å²) in [7, 11) is 3.20. The van der Waals surface area contributed by atoms with Crippen molar-refractivity contribution in [2.45, 2.75) is 0 Å². The first-order chi connectivity index (χ1) is 8.31. The van der Waals surface area contributed by atoms with Gasteiger partial charge in [0.05, 0.1) is 14.2 Å². The van der Waals surface area contributed by atoms with Crippen LogP contribution in [-0.2, 0) is 0 Å². The summed E-state index contributed by atoms with van der Waals surface area (Å²) < 4.78 is 10.1. The van der Waals surface area contributed by atoms with Crippen molar-refractivity contribution in [3.8, 4) is 11.6 Å². The molecular weight excluding hydrogens is 218 g/mol. The van der Waals surface area contributed by atoms with E-state index < -0.39 is 0 Å². The zero-order valence-electron chi connectivity index (χ0n) is 9.68. The number of nitrogens with one attached hydrogen (secondary N) is 1. The van der Waals surface area contributed by atoms with E-state index in [9.17, 15) is 0 Å². The fourth-order valence-electron chi connectivity index (χ4n) is 1.32. The molecule has 17 heavy (non-hydrogen) atoms. The number of hydrogen-bond donors (Lipinski definition) is 1. The van der Waals surface area contributed by atoms with Crippen LogP contribution < -0.4 is 14.8 Å². The van der Waals surface area contributed by atoms with Crippen LogP contribution in [-0.4, -0.2) is 24.2 Å². The summed E-state index contributed by atoms with van der Waals surface area (Å²) in [4.78, 5) is 8.25. The van der Waals surface area contributed by atoms with Crippen LogP contribution in [0.2, 0.25) is 0 Å². The summed E-state index contributed by atoms with van der Waals surface area (Å²) in [6, 6.07) is 9.20. The molecule has 0 spiro atoms. The molecule has 0 aliphatic carbocycles. The van der Waals surface area contributed by atoms with Gasteiger partial charge in [0.25, 0.3) is 0 Å². The van der Waals surface area contributed by atoms with Gasteiger partial charge >= 0.3 is 0 Å². The summed E-state index contributed by atoms with van der Waals surface area (Å²) in [5, 5.41) is 3.07. The van der Waals surface area contributed by atoms with Crippen LogP contribution in [0.1, 0.15) is 0 Å². The third kappa shape index (κ3) is 2.84. The number of rotatable bonds is 4. The molecule has 0 saturated heterocycles. The first-order valence-electron chi connectivity index (χ1n) is 5.10. The third-order valence-corrected chi connectivity index (χ3v) is 2.19. The van der Waals surface area contributed by atoms with Gasteiger partial charge in [0.1, 0.15) is 5.75 Å². The minimum atomic E-state index is 0.495. The largest absolute Gasteiger partial charge is 0.497 e. The summed E-state index contributed by atoms with van der Waals surface area (Å²) in [6.45, 7) is 0. The van der Waals surface area contributed by atoms with Crippen molar-refractivity contribution in [3.63, 3.8) is 0 Å². The summed E-state index contributed by atoms with van der Waals surface area (Å²) in [5.41, 5.74) is 0.888. The molecule has 2 rings (SSSR count). The Hall–Kier alpha value is -2.30. The summed E-state index contributed by atoms with van der Waals surface area (Å²) in [6.07, 6.45) is 1.64. The predicted octanol–water partition coefficient (Wildman–Crippen LogP) is 2.24. The van der Waals surface area contributed by atoms with Crippen molar-refractivity contribution in [2.24, 2.45) is 0 Å². The van der Waals surface area contributed by atoms with E-state index >= 15 is 0 Å². The van der Waals surface area contributed by atoms with Crippen molar-refractivity contribution in [3.05, 3.63) is 36.5 Å². The maximum absolute atomic E-state index is 5.08. The Balaban J connectivity index is 2.13. The Kier molecular flexibility index (Phi) is 3.40. The highest BCUT2D eigenvalue weighted by molar-refractivity contribution is 5.54. The summed E-state index contributed by atoms with van der Waals surface area (Å²) >= 11 is 0. The Bertz CT molecular complexity index is 485. The zero-order chi connectivity index (χ0) is 12.1. The fraction of sp³-hybridized carbons (Fsp3) is 0.167. The monoisotopic (exact) mass is 231 g/mol. The minimum Gasteiger partial charge on any atom is -0.497 e. The highest BCUT2D eigenvalue weighted by Crippen LogP contribution is 2.18. The highest BCUT2D eigenvalue weighted by atomic mass is 16.5. The van der Waals surface area contributed by atoms with Crippen LogP contribution in [0.15, 0.2) is 36.5 Å². The second-order valence-corrected chi connectivity index (χ2v) is 3.28. The molecule has 1 aromatic heterocycles. The third-order valence-electron chi connectivity index (χ3n) is 2.19. The van der Waals surface area contributed by atoms with Crippen molar-refractivity contribution < 1.29 is 9.47 Å². The van der Waals surface area contributed by atoms with Crippen LogP contribution >= 0.6 is 0 Å². The van der Waals surface area contributed by atoms with Gasteiger partial charge in [-0.25, -0.2) is 4.98 Å². The molecule has 5 heteroatoms. The zero-order valence-corrected chi connectivity index (χ0v) is 9.68. The Morgan fingerprint density at radius 3 is 2.41 bits per heavy atom. The highest BCUT2D eigenvalue weighted by Gasteiger charge is 2.00. The molecule has 0 unspecified atom stereocenters. The van der Waals surface area contributed by atoms with E-state index in [1.54, 1.807) is 26.5 Å². The number of methoxy groups -OCH3 is 2. The smallest absolute Gasteiger partial charge is 0.230 e. The lowest BCUT2D eigenvalue weighted by molar-refractivity contribution is 0.397. The normalized spacial score (nSPS) is 9.76. The molecule has 0 aliphatic rings. The molecule has 0 atom stereocenters. The van der Waals surface area contributed by atoms with Crippen LogP contribution in [0.25, 0.3) is 0 Å². The molecule has 0 bridgehead atoms. The Morgan fingerprint density at radius 1 is 1.00 bits per heavy atom. The first kappa shape index (κ1) is 11.2. The molecule has 0 aliphatic heterocycles. The lowest BCUT2D eigenvalue weighted by Gasteiger charge is -2.06. The van der Waals surface area contributed by atoms with Crippen LogP contribution in [0.3, 0.4) is 0 Å². The lowest BCUT2D eigenvalue weighted by atomic mass is 10.3. The number of benzene rings is 1. The van der Waals surface area contributed by atoms with Gasteiger partial charge in [-0.1, -0.05) is 0 Å². The van der Waals surface area contributed by atoms with Gasteiger partial charge in [-0.2, -0.15) is 4.98 Å². The topological polar surface area (TPSA) is 56.3 Å². The molecule has 88 valence electrons. The van der Waals surface area contributed by atoms with Crippen molar-refractivity contribution >= 4 is 11.6 Å². The average Bonchev–Trinajstić information content (AvgIpc) is 2.40. The van der Waals surface area contributed by atoms with Gasteiger partial charge in [0, 0.05) is 18.0 Å². The first-order valence-corrected chi connectivity index (χ1v) is 5.10. The molecule has 2 aromatic rings. The number of hydrogen-bond acceptors (Lipinski definition) is 5. The van der Waals surface area contributed by atoms with E-state index in [2.05, 4.69) is 15.3 Å². The molecule has 1 N–H and O–H groups in total. The Labute approximate surface area is 99.4 Å². The van der Waals surface area contributed by atoms with E-state index in [4.69, 9.17) is 9.47 Å². The molecule has 5 nitrogen and oxygen atoms in total. The van der Waals surface area contributed by atoms with Gasteiger partial charge in [-0.05, 0) is 24.3 Å². The average molecular weight is 231 g/mol. The van der Waals surface area contributed by atoms with Crippen molar-refractivity contribution in [1.82, 2.24) is 9.97 Å². The molecule has 1 aromatic carbocycles. The van der Waals surface area contributed by atoms with Gasteiger partial charge in [0.15, 0.2) is 0 Å². The predicted molar refractivity (Wildman–Crippen MR) is 64.9 cm³/mol. The fourth-order valence-corrected chi connectivity index (χ4v) is 1.32. The molecule has 0 radical (unpaired) electrons. The van der Waals surface area contributed by atoms with Gasteiger partial charge in [-0.15, -0.1) is 0 Å². The van der Waals surface area contributed by atoms with E-state index in [0.29, 0.717) is 11.8 Å². The van der Waals surface area contributed by atoms with Crippen LogP contribution in [0.5, 0.6) is 11.6 Å². The minimum absolute atomic E-state index is 0.495. The quantitative estimate of drug-likeness (QED) is 0.874. The van der Waals surface area contributed by atoms with Crippen LogP contribution in [0.4, 0.5) is 11.6 Å².